The van der Waals surface area contributed by atoms with E-state index in [9.17, 15) is 4.79 Å². The molecule has 0 aliphatic heterocycles. The molecule has 1 amide bonds. The van der Waals surface area contributed by atoms with E-state index >= 15 is 0 Å². The maximum atomic E-state index is 13.0. The lowest BCUT2D eigenvalue weighted by molar-refractivity contribution is -0.148. The number of hydrogen-bond acceptors (Lipinski definition) is 3. The molecule has 1 N–H and O–H groups in total. The average Bonchev–Trinajstić information content (AvgIpc) is 2.61. The monoisotopic (exact) mass is 347 g/mol. The Morgan fingerprint density at radius 1 is 1.32 bits per heavy atom. The second-order valence-corrected chi connectivity index (χ2v) is 7.36. The number of benzene rings is 1. The number of rotatable bonds is 8. The summed E-state index contributed by atoms with van der Waals surface area (Å²) in [5.74, 6) is 1.33. The number of amides is 1. The van der Waals surface area contributed by atoms with Crippen LogP contribution in [0.5, 0.6) is 5.75 Å². The van der Waals surface area contributed by atoms with E-state index in [0.717, 1.165) is 43.5 Å². The quantitative estimate of drug-likeness (QED) is 0.705. The highest BCUT2D eigenvalue weighted by atomic mass is 16.5. The topological polar surface area (TPSA) is 47.6 Å². The minimum Gasteiger partial charge on any atom is -0.491 e. The molecule has 1 fully saturated rings. The molecule has 3 atom stereocenters. The van der Waals surface area contributed by atoms with E-state index < -0.39 is 5.60 Å². The molecular formula is C21H33NO3. The van der Waals surface area contributed by atoms with Crippen molar-refractivity contribution >= 4 is 11.6 Å². The lowest BCUT2D eigenvalue weighted by Crippen LogP contribution is -2.48. The standard InChI is InChI=1S/C21H33NO3/c1-5-14-24-21(13-7-8-16(3)15-21)20(23)22-18-9-11-19(12-10-18)25-17(4)6-2/h9-12,16-17H,5-8,13-15H2,1-4H3,(H,22,23)/t16-,17+,21-/m1/s1. The van der Waals surface area contributed by atoms with Crippen LogP contribution in [-0.2, 0) is 9.53 Å². The van der Waals surface area contributed by atoms with Crippen LogP contribution < -0.4 is 10.1 Å². The van der Waals surface area contributed by atoms with Crippen molar-refractivity contribution < 1.29 is 14.3 Å². The summed E-state index contributed by atoms with van der Waals surface area (Å²) in [5.41, 5.74) is 0.110. The van der Waals surface area contributed by atoms with E-state index in [2.05, 4.69) is 33.0 Å². The fourth-order valence-electron chi connectivity index (χ4n) is 3.38. The summed E-state index contributed by atoms with van der Waals surface area (Å²) in [6, 6.07) is 7.61. The molecule has 25 heavy (non-hydrogen) atoms. The van der Waals surface area contributed by atoms with Gasteiger partial charge in [0.2, 0.25) is 0 Å². The van der Waals surface area contributed by atoms with E-state index in [4.69, 9.17) is 9.47 Å². The van der Waals surface area contributed by atoms with Gasteiger partial charge in [0, 0.05) is 12.3 Å². The zero-order chi connectivity index (χ0) is 18.3. The van der Waals surface area contributed by atoms with Crippen LogP contribution in [0.1, 0.15) is 66.2 Å². The van der Waals surface area contributed by atoms with Gasteiger partial charge in [-0.2, -0.15) is 0 Å². The summed E-state index contributed by atoms with van der Waals surface area (Å²) in [6.07, 6.45) is 5.90. The van der Waals surface area contributed by atoms with Gasteiger partial charge in [-0.15, -0.1) is 0 Å². The molecule has 1 aliphatic carbocycles. The van der Waals surface area contributed by atoms with Gasteiger partial charge in [0.15, 0.2) is 0 Å². The molecule has 1 aromatic carbocycles. The third-order valence-corrected chi connectivity index (χ3v) is 4.98. The Morgan fingerprint density at radius 3 is 2.64 bits per heavy atom. The van der Waals surface area contributed by atoms with E-state index in [1.807, 2.05) is 24.3 Å². The summed E-state index contributed by atoms with van der Waals surface area (Å²) in [4.78, 5) is 13.0. The van der Waals surface area contributed by atoms with Crippen LogP contribution in [0, 0.1) is 5.92 Å². The van der Waals surface area contributed by atoms with Crippen molar-refractivity contribution in [3.63, 3.8) is 0 Å². The van der Waals surface area contributed by atoms with Crippen LogP contribution in [0.25, 0.3) is 0 Å². The van der Waals surface area contributed by atoms with Crippen LogP contribution in [0.2, 0.25) is 0 Å². The Labute approximate surface area is 152 Å². The number of nitrogens with one attached hydrogen (secondary N) is 1. The van der Waals surface area contributed by atoms with Crippen molar-refractivity contribution in [2.24, 2.45) is 5.92 Å². The van der Waals surface area contributed by atoms with Gasteiger partial charge in [0.05, 0.1) is 6.10 Å². The Balaban J connectivity index is 2.04. The first-order valence-electron chi connectivity index (χ1n) is 9.71. The molecule has 2 rings (SSSR count). The molecule has 0 saturated heterocycles. The largest absolute Gasteiger partial charge is 0.491 e. The van der Waals surface area contributed by atoms with E-state index in [1.165, 1.54) is 6.42 Å². The summed E-state index contributed by atoms with van der Waals surface area (Å²) in [6.45, 7) is 9.06. The van der Waals surface area contributed by atoms with Crippen LogP contribution in [0.15, 0.2) is 24.3 Å². The first kappa shape index (κ1) is 19.8. The smallest absolute Gasteiger partial charge is 0.256 e. The van der Waals surface area contributed by atoms with Crippen LogP contribution in [0.4, 0.5) is 5.69 Å². The SMILES string of the molecule is CCCO[C@]1(C(=O)Nc2ccc(O[C@@H](C)CC)cc2)CCC[C@@H](C)C1. The number of carbonyl (C=O) groups excluding carboxylic acids is 1. The van der Waals surface area contributed by atoms with E-state index in [1.54, 1.807) is 0 Å². The molecule has 0 radical (unpaired) electrons. The Hall–Kier alpha value is -1.55. The van der Waals surface area contributed by atoms with Gasteiger partial charge in [-0.3, -0.25) is 4.79 Å². The predicted molar refractivity (Wildman–Crippen MR) is 102 cm³/mol. The highest BCUT2D eigenvalue weighted by Gasteiger charge is 2.42. The summed E-state index contributed by atoms with van der Waals surface area (Å²) >= 11 is 0. The van der Waals surface area contributed by atoms with Crippen molar-refractivity contribution in [2.75, 3.05) is 11.9 Å². The average molecular weight is 347 g/mol. The molecule has 0 bridgehead atoms. The van der Waals surface area contributed by atoms with Crippen molar-refractivity contribution in [2.45, 2.75) is 77.9 Å². The maximum absolute atomic E-state index is 13.0. The van der Waals surface area contributed by atoms with Gasteiger partial charge in [0.1, 0.15) is 11.4 Å². The second-order valence-electron chi connectivity index (χ2n) is 7.36. The number of carbonyl (C=O) groups is 1. The lowest BCUT2D eigenvalue weighted by atomic mass is 9.78. The van der Waals surface area contributed by atoms with Crippen LogP contribution >= 0.6 is 0 Å². The van der Waals surface area contributed by atoms with Gasteiger partial charge in [0.25, 0.3) is 5.91 Å². The Kier molecular flexibility index (Phi) is 7.30. The molecule has 0 heterocycles. The molecule has 0 spiro atoms. The molecule has 4 nitrogen and oxygen atoms in total. The fourth-order valence-corrected chi connectivity index (χ4v) is 3.38. The van der Waals surface area contributed by atoms with Gasteiger partial charge >= 0.3 is 0 Å². The van der Waals surface area contributed by atoms with Crippen LogP contribution in [-0.4, -0.2) is 24.2 Å². The minimum absolute atomic E-state index is 0.0110. The van der Waals surface area contributed by atoms with Crippen molar-refractivity contribution in [3.8, 4) is 5.75 Å². The minimum atomic E-state index is -0.681. The van der Waals surface area contributed by atoms with Crippen LogP contribution in [0.3, 0.4) is 0 Å². The summed E-state index contributed by atoms with van der Waals surface area (Å²) in [7, 11) is 0. The molecule has 140 valence electrons. The summed E-state index contributed by atoms with van der Waals surface area (Å²) < 4.78 is 11.9. The number of hydrogen-bond donors (Lipinski definition) is 1. The van der Waals surface area contributed by atoms with Gasteiger partial charge in [-0.1, -0.05) is 27.2 Å². The highest BCUT2D eigenvalue weighted by molar-refractivity contribution is 5.97. The first-order chi connectivity index (χ1) is 12.0. The predicted octanol–water partition coefficient (Wildman–Crippen LogP) is 5.18. The molecule has 1 aromatic rings. The maximum Gasteiger partial charge on any atom is 0.256 e. The molecule has 1 aliphatic rings. The molecule has 0 aromatic heterocycles. The second kappa shape index (κ2) is 9.23. The van der Waals surface area contributed by atoms with E-state index in [0.29, 0.717) is 12.5 Å². The highest BCUT2D eigenvalue weighted by Crippen LogP contribution is 2.36. The summed E-state index contributed by atoms with van der Waals surface area (Å²) in [5, 5.41) is 3.06. The van der Waals surface area contributed by atoms with Gasteiger partial charge in [-0.25, -0.2) is 0 Å². The van der Waals surface area contributed by atoms with Crippen molar-refractivity contribution in [3.05, 3.63) is 24.3 Å². The van der Waals surface area contributed by atoms with Crippen molar-refractivity contribution in [1.82, 2.24) is 0 Å². The zero-order valence-corrected chi connectivity index (χ0v) is 16.1. The molecule has 4 heteroatoms. The third-order valence-electron chi connectivity index (χ3n) is 4.98. The van der Waals surface area contributed by atoms with Gasteiger partial charge < -0.3 is 14.8 Å². The lowest BCUT2D eigenvalue weighted by Gasteiger charge is -2.38. The van der Waals surface area contributed by atoms with E-state index in [-0.39, 0.29) is 12.0 Å². The fraction of sp³-hybridized carbons (Fsp3) is 0.667. The Bertz CT molecular complexity index is 543. The van der Waals surface area contributed by atoms with Crippen molar-refractivity contribution in [1.29, 1.82) is 0 Å². The molecule has 1 saturated carbocycles. The normalized spacial score (nSPS) is 24.6. The Morgan fingerprint density at radius 2 is 2.04 bits per heavy atom. The molecular weight excluding hydrogens is 314 g/mol. The number of anilines is 1. The first-order valence-corrected chi connectivity index (χ1v) is 9.71. The third kappa shape index (κ3) is 5.46. The molecule has 0 unspecified atom stereocenters. The van der Waals surface area contributed by atoms with Gasteiger partial charge in [-0.05, 0) is 69.2 Å². The zero-order valence-electron chi connectivity index (χ0n) is 16.1. The number of ether oxygens (including phenoxy) is 2.